The van der Waals surface area contributed by atoms with E-state index >= 15 is 0 Å². The van der Waals surface area contributed by atoms with E-state index in [9.17, 15) is 14.4 Å². The summed E-state index contributed by atoms with van der Waals surface area (Å²) in [4.78, 5) is 35.6. The Morgan fingerprint density at radius 2 is 1.88 bits per heavy atom. The molecule has 3 amide bonds. The van der Waals surface area contributed by atoms with Crippen molar-refractivity contribution >= 4 is 23.9 Å². The summed E-state index contributed by atoms with van der Waals surface area (Å²) < 4.78 is 10.9. The highest BCUT2D eigenvalue weighted by atomic mass is 16.5. The number of benzene rings is 2. The molecule has 2 aromatic rings. The molecule has 1 saturated heterocycles. The van der Waals surface area contributed by atoms with E-state index in [2.05, 4.69) is 21.2 Å². The number of rotatable bonds is 9. The van der Waals surface area contributed by atoms with Gasteiger partial charge in [-0.25, -0.2) is 5.43 Å². The molecular formula is C24H28N4O5. The number of carbonyl (C=O) groups excluding carboxylic acids is 3. The smallest absolute Gasteiger partial charge is 0.329 e. The maximum atomic E-state index is 12.1. The van der Waals surface area contributed by atoms with Crippen LogP contribution >= 0.6 is 0 Å². The van der Waals surface area contributed by atoms with Gasteiger partial charge in [-0.15, -0.1) is 0 Å². The molecule has 0 saturated carbocycles. The first-order valence-corrected chi connectivity index (χ1v) is 10.8. The lowest BCUT2D eigenvalue weighted by atomic mass is 10.1. The molecule has 0 spiro atoms. The van der Waals surface area contributed by atoms with Crippen molar-refractivity contribution in [2.24, 2.45) is 5.10 Å². The average Bonchev–Trinajstić information content (AvgIpc) is 3.36. The second-order valence-electron chi connectivity index (χ2n) is 7.60. The van der Waals surface area contributed by atoms with Gasteiger partial charge >= 0.3 is 11.8 Å². The zero-order valence-corrected chi connectivity index (χ0v) is 18.5. The minimum Gasteiger partial charge on any atom is -0.484 e. The van der Waals surface area contributed by atoms with Crippen LogP contribution in [0.3, 0.4) is 0 Å². The van der Waals surface area contributed by atoms with E-state index in [4.69, 9.17) is 9.47 Å². The molecule has 9 heteroatoms. The van der Waals surface area contributed by atoms with Crippen molar-refractivity contribution in [3.05, 3.63) is 65.7 Å². The molecule has 0 radical (unpaired) electrons. The van der Waals surface area contributed by atoms with Crippen LogP contribution in [-0.2, 0) is 19.1 Å². The van der Waals surface area contributed by atoms with Gasteiger partial charge in [-0.1, -0.05) is 30.3 Å². The number of nitrogens with one attached hydrogen (secondary N) is 3. The number of ether oxygens (including phenoxy) is 2. The normalized spacial score (nSPS) is 16.2. The third kappa shape index (κ3) is 8.04. The maximum absolute atomic E-state index is 12.1. The Bertz CT molecular complexity index is 957. The van der Waals surface area contributed by atoms with Crippen molar-refractivity contribution in [2.75, 3.05) is 19.8 Å². The highest BCUT2D eigenvalue weighted by Gasteiger charge is 2.19. The molecular weight excluding hydrogens is 424 g/mol. The largest absolute Gasteiger partial charge is 0.484 e. The van der Waals surface area contributed by atoms with Crippen molar-refractivity contribution in [1.82, 2.24) is 16.1 Å². The van der Waals surface area contributed by atoms with Crippen LogP contribution in [0.5, 0.6) is 5.75 Å². The monoisotopic (exact) mass is 452 g/mol. The quantitative estimate of drug-likeness (QED) is 0.304. The molecule has 3 rings (SSSR count). The number of carbonyl (C=O) groups is 3. The standard InChI is InChI=1S/C24H28N4O5/c1-17(19-6-3-2-4-7-19)27-22(29)16-33-20-11-9-18(10-12-20)14-26-28-24(31)23(30)25-15-21-8-5-13-32-21/h2-4,6-7,9-12,14,17,21H,5,8,13,15-16H2,1H3,(H,25,30)(H,27,29)(H,28,31)/b26-14-/t17-,21-/m1/s1. The van der Waals surface area contributed by atoms with Crippen LogP contribution in [0.15, 0.2) is 59.7 Å². The number of nitrogens with zero attached hydrogens (tertiary/aromatic N) is 1. The van der Waals surface area contributed by atoms with Gasteiger partial charge in [-0.2, -0.15) is 5.10 Å². The maximum Gasteiger partial charge on any atom is 0.329 e. The Labute approximate surface area is 192 Å². The van der Waals surface area contributed by atoms with Crippen LogP contribution in [-0.4, -0.2) is 49.8 Å². The minimum absolute atomic E-state index is 0.0377. The molecule has 2 aromatic carbocycles. The average molecular weight is 453 g/mol. The van der Waals surface area contributed by atoms with E-state index in [1.54, 1.807) is 24.3 Å². The lowest BCUT2D eigenvalue weighted by Gasteiger charge is -2.14. The van der Waals surface area contributed by atoms with Crippen LogP contribution in [0.1, 0.15) is 36.9 Å². The summed E-state index contributed by atoms with van der Waals surface area (Å²) in [6.07, 6.45) is 3.20. The van der Waals surface area contributed by atoms with Crippen molar-refractivity contribution in [2.45, 2.75) is 31.9 Å². The fourth-order valence-electron chi connectivity index (χ4n) is 3.22. The lowest BCUT2D eigenvalue weighted by Crippen LogP contribution is -2.41. The number of amides is 3. The van der Waals surface area contributed by atoms with Gasteiger partial charge in [-0.05, 0) is 55.2 Å². The van der Waals surface area contributed by atoms with E-state index in [1.807, 2.05) is 37.3 Å². The molecule has 1 aliphatic rings. The van der Waals surface area contributed by atoms with Crippen LogP contribution in [0.25, 0.3) is 0 Å². The van der Waals surface area contributed by atoms with Crippen molar-refractivity contribution in [3.8, 4) is 5.75 Å². The summed E-state index contributed by atoms with van der Waals surface area (Å²) in [6.45, 7) is 2.79. The summed E-state index contributed by atoms with van der Waals surface area (Å²) in [7, 11) is 0. The first-order chi connectivity index (χ1) is 16.0. The minimum atomic E-state index is -0.847. The van der Waals surface area contributed by atoms with Gasteiger partial charge in [0.15, 0.2) is 6.61 Å². The van der Waals surface area contributed by atoms with Gasteiger partial charge in [0.25, 0.3) is 5.91 Å². The van der Waals surface area contributed by atoms with Crippen LogP contribution in [0.4, 0.5) is 0 Å². The Balaban J connectivity index is 1.36. The van der Waals surface area contributed by atoms with E-state index in [1.165, 1.54) is 6.21 Å². The zero-order chi connectivity index (χ0) is 23.5. The number of hydrogen-bond donors (Lipinski definition) is 3. The summed E-state index contributed by atoms with van der Waals surface area (Å²) >= 11 is 0. The molecule has 33 heavy (non-hydrogen) atoms. The highest BCUT2D eigenvalue weighted by Crippen LogP contribution is 2.13. The van der Waals surface area contributed by atoms with Crippen LogP contribution in [0, 0.1) is 0 Å². The van der Waals surface area contributed by atoms with Gasteiger partial charge < -0.3 is 20.1 Å². The van der Waals surface area contributed by atoms with Crippen LogP contribution in [0.2, 0.25) is 0 Å². The highest BCUT2D eigenvalue weighted by molar-refractivity contribution is 6.35. The predicted octanol–water partition coefficient (Wildman–Crippen LogP) is 1.69. The molecule has 0 unspecified atom stereocenters. The molecule has 9 nitrogen and oxygen atoms in total. The topological polar surface area (TPSA) is 118 Å². The van der Waals surface area contributed by atoms with E-state index in [0.29, 0.717) is 24.5 Å². The molecule has 0 aliphatic carbocycles. The van der Waals surface area contributed by atoms with Gasteiger partial charge in [0.05, 0.1) is 18.4 Å². The molecule has 1 aliphatic heterocycles. The SMILES string of the molecule is C[C@@H](NC(=O)COc1ccc(/C=N\NC(=O)C(=O)NC[C@H]2CCCO2)cc1)c1ccccc1. The molecule has 1 fully saturated rings. The van der Waals surface area contributed by atoms with Crippen molar-refractivity contribution < 1.29 is 23.9 Å². The molecule has 2 atom stereocenters. The van der Waals surface area contributed by atoms with E-state index in [-0.39, 0.29) is 24.7 Å². The predicted molar refractivity (Wildman–Crippen MR) is 123 cm³/mol. The second-order valence-corrected chi connectivity index (χ2v) is 7.60. The fraction of sp³-hybridized carbons (Fsp3) is 0.333. The zero-order valence-electron chi connectivity index (χ0n) is 18.5. The Kier molecular flexibility index (Phi) is 8.96. The summed E-state index contributed by atoms with van der Waals surface area (Å²) in [5.74, 6) is -1.31. The molecule has 0 aromatic heterocycles. The Hall–Kier alpha value is -3.72. The van der Waals surface area contributed by atoms with Crippen LogP contribution < -0.4 is 20.8 Å². The van der Waals surface area contributed by atoms with Gasteiger partial charge in [0.1, 0.15) is 5.75 Å². The second kappa shape index (κ2) is 12.4. The van der Waals surface area contributed by atoms with E-state index < -0.39 is 11.8 Å². The summed E-state index contributed by atoms with van der Waals surface area (Å²) in [6, 6.07) is 16.4. The first-order valence-electron chi connectivity index (χ1n) is 10.8. The molecule has 1 heterocycles. The third-order valence-electron chi connectivity index (χ3n) is 5.03. The first kappa shape index (κ1) is 23.9. The summed E-state index contributed by atoms with van der Waals surface area (Å²) in [5.41, 5.74) is 3.89. The van der Waals surface area contributed by atoms with Gasteiger partial charge in [0.2, 0.25) is 0 Å². The molecule has 0 bridgehead atoms. The number of hydrazone groups is 1. The van der Waals surface area contributed by atoms with Gasteiger partial charge in [0, 0.05) is 13.2 Å². The lowest BCUT2D eigenvalue weighted by molar-refractivity contribution is -0.139. The van der Waals surface area contributed by atoms with E-state index in [0.717, 1.165) is 18.4 Å². The molecule has 174 valence electrons. The Morgan fingerprint density at radius 1 is 1.12 bits per heavy atom. The van der Waals surface area contributed by atoms with Crippen molar-refractivity contribution in [3.63, 3.8) is 0 Å². The fourth-order valence-corrected chi connectivity index (χ4v) is 3.22. The van der Waals surface area contributed by atoms with Crippen molar-refractivity contribution in [1.29, 1.82) is 0 Å². The van der Waals surface area contributed by atoms with Gasteiger partial charge in [-0.3, -0.25) is 14.4 Å². The number of hydrogen-bond acceptors (Lipinski definition) is 6. The Morgan fingerprint density at radius 3 is 2.58 bits per heavy atom. The molecule has 3 N–H and O–H groups in total. The summed E-state index contributed by atoms with van der Waals surface area (Å²) in [5, 5.41) is 9.20. The third-order valence-corrected chi connectivity index (χ3v) is 5.03.